The van der Waals surface area contributed by atoms with Crippen molar-refractivity contribution in [1.29, 1.82) is 0 Å². The molecular weight excluding hydrogens is 398 g/mol. The van der Waals surface area contributed by atoms with Crippen molar-refractivity contribution in [2.45, 2.75) is 30.6 Å². The van der Waals surface area contributed by atoms with Crippen LogP contribution in [-0.4, -0.2) is 34.0 Å². The minimum Gasteiger partial charge on any atom is -0.372 e. The Balaban J connectivity index is 1.47. The smallest absolute Gasteiger partial charge is 0.240 e. The van der Waals surface area contributed by atoms with Crippen LogP contribution in [-0.2, 0) is 14.8 Å². The van der Waals surface area contributed by atoms with E-state index in [4.69, 9.17) is 11.6 Å². The van der Waals surface area contributed by atoms with E-state index in [9.17, 15) is 13.2 Å². The van der Waals surface area contributed by atoms with E-state index < -0.39 is 10.0 Å². The molecule has 1 aliphatic rings. The fourth-order valence-corrected chi connectivity index (χ4v) is 4.48. The molecule has 0 atom stereocenters. The molecule has 0 radical (unpaired) electrons. The zero-order chi connectivity index (χ0) is 20.0. The van der Waals surface area contributed by atoms with Gasteiger partial charge in [-0.2, -0.15) is 0 Å². The number of hydrogen-bond acceptors (Lipinski definition) is 4. The van der Waals surface area contributed by atoms with E-state index in [-0.39, 0.29) is 23.8 Å². The molecule has 2 aromatic rings. The van der Waals surface area contributed by atoms with Crippen LogP contribution in [0.15, 0.2) is 53.4 Å². The largest absolute Gasteiger partial charge is 0.372 e. The van der Waals surface area contributed by atoms with Crippen LogP contribution in [0.5, 0.6) is 0 Å². The summed E-state index contributed by atoms with van der Waals surface area (Å²) < 4.78 is 26.8. The third kappa shape index (κ3) is 5.70. The van der Waals surface area contributed by atoms with Crippen LogP contribution in [0.3, 0.4) is 0 Å². The number of hydrogen-bond donors (Lipinski definition) is 2. The molecule has 6 nitrogen and oxygen atoms in total. The quantitative estimate of drug-likeness (QED) is 0.715. The van der Waals surface area contributed by atoms with Crippen LogP contribution < -0.4 is 14.9 Å². The first-order chi connectivity index (χ1) is 13.4. The van der Waals surface area contributed by atoms with E-state index >= 15 is 0 Å². The van der Waals surface area contributed by atoms with Gasteiger partial charge in [0, 0.05) is 42.5 Å². The number of piperidine rings is 1. The average Bonchev–Trinajstić information content (AvgIpc) is 2.69. The second kappa shape index (κ2) is 9.41. The van der Waals surface area contributed by atoms with E-state index in [1.165, 1.54) is 31.4 Å². The van der Waals surface area contributed by atoms with Crippen LogP contribution >= 0.6 is 11.6 Å². The lowest BCUT2D eigenvalue weighted by Crippen LogP contribution is -2.29. The summed E-state index contributed by atoms with van der Waals surface area (Å²) in [5, 5.41) is 3.14. The molecule has 0 bridgehead atoms. The van der Waals surface area contributed by atoms with Gasteiger partial charge in [-0.3, -0.25) is 4.79 Å². The lowest BCUT2D eigenvalue weighted by molar-refractivity contribution is -0.116. The predicted octanol–water partition coefficient (Wildman–Crippen LogP) is 3.64. The van der Waals surface area contributed by atoms with E-state index in [0.29, 0.717) is 10.7 Å². The van der Waals surface area contributed by atoms with E-state index in [1.807, 2.05) is 24.3 Å². The molecule has 28 heavy (non-hydrogen) atoms. The van der Waals surface area contributed by atoms with Crippen LogP contribution in [0.25, 0.3) is 0 Å². The van der Waals surface area contributed by atoms with Gasteiger partial charge in [-0.05, 0) is 61.7 Å². The Morgan fingerprint density at radius 3 is 2.43 bits per heavy atom. The van der Waals surface area contributed by atoms with Crippen LogP contribution in [0, 0.1) is 0 Å². The normalized spacial score (nSPS) is 14.7. The fourth-order valence-electron chi connectivity index (χ4n) is 3.15. The first-order valence-electron chi connectivity index (χ1n) is 9.34. The van der Waals surface area contributed by atoms with Gasteiger partial charge in [-0.1, -0.05) is 17.7 Å². The van der Waals surface area contributed by atoms with Crippen molar-refractivity contribution in [3.05, 3.63) is 53.6 Å². The SMILES string of the molecule is O=C(CCNS(=O)(=O)c1cccc(Cl)c1)Nc1ccc(N2CCCCC2)cc1. The first kappa shape index (κ1) is 20.6. The number of amides is 1. The van der Waals surface area contributed by atoms with Crippen molar-refractivity contribution in [1.82, 2.24) is 4.72 Å². The summed E-state index contributed by atoms with van der Waals surface area (Å²) in [4.78, 5) is 14.5. The summed E-state index contributed by atoms with van der Waals surface area (Å²) in [5.74, 6) is -0.250. The van der Waals surface area contributed by atoms with Gasteiger partial charge in [0.2, 0.25) is 15.9 Å². The monoisotopic (exact) mass is 421 g/mol. The Labute approximate surface area is 170 Å². The molecule has 1 saturated heterocycles. The molecule has 0 aromatic heterocycles. The molecule has 3 rings (SSSR count). The number of anilines is 2. The summed E-state index contributed by atoms with van der Waals surface area (Å²) in [6.45, 7) is 2.14. The maximum absolute atomic E-state index is 12.2. The maximum Gasteiger partial charge on any atom is 0.240 e. The number of carbonyl (C=O) groups excluding carboxylic acids is 1. The first-order valence-corrected chi connectivity index (χ1v) is 11.2. The summed E-state index contributed by atoms with van der Waals surface area (Å²) in [7, 11) is -3.69. The molecular formula is C20H24ClN3O3S. The summed E-state index contributed by atoms with van der Waals surface area (Å²) >= 11 is 5.83. The molecule has 0 spiro atoms. The molecule has 1 amide bonds. The number of sulfonamides is 1. The lowest BCUT2D eigenvalue weighted by atomic mass is 10.1. The number of carbonyl (C=O) groups is 1. The summed E-state index contributed by atoms with van der Waals surface area (Å²) in [6, 6.07) is 13.7. The minimum absolute atomic E-state index is 0.00649. The average molecular weight is 422 g/mol. The number of benzene rings is 2. The predicted molar refractivity (Wildman–Crippen MR) is 112 cm³/mol. The Kier molecular flexibility index (Phi) is 6.93. The second-order valence-corrected chi connectivity index (χ2v) is 8.95. The van der Waals surface area contributed by atoms with Gasteiger partial charge in [-0.15, -0.1) is 0 Å². The van der Waals surface area contributed by atoms with Crippen LogP contribution in [0.2, 0.25) is 5.02 Å². The number of nitrogens with zero attached hydrogens (tertiary/aromatic N) is 1. The highest BCUT2D eigenvalue weighted by Crippen LogP contribution is 2.22. The molecule has 1 aliphatic heterocycles. The Hall–Kier alpha value is -2.09. The summed E-state index contributed by atoms with van der Waals surface area (Å²) in [5.41, 5.74) is 1.86. The van der Waals surface area contributed by atoms with Gasteiger partial charge in [0.15, 0.2) is 0 Å². The van der Waals surface area contributed by atoms with Crippen molar-refractivity contribution < 1.29 is 13.2 Å². The van der Waals surface area contributed by atoms with Gasteiger partial charge in [0.1, 0.15) is 0 Å². The standard InChI is InChI=1S/C20H24ClN3O3S/c21-16-5-4-6-19(15-16)28(26,27)22-12-11-20(25)23-17-7-9-18(10-8-17)24-13-2-1-3-14-24/h4-10,15,22H,1-3,11-14H2,(H,23,25). The minimum atomic E-state index is -3.69. The molecule has 1 heterocycles. The molecule has 2 N–H and O–H groups in total. The topological polar surface area (TPSA) is 78.5 Å². The molecule has 1 fully saturated rings. The van der Waals surface area contributed by atoms with Gasteiger partial charge in [-0.25, -0.2) is 13.1 Å². The van der Waals surface area contributed by atoms with Crippen molar-refractivity contribution in [3.63, 3.8) is 0 Å². The number of rotatable bonds is 7. The van der Waals surface area contributed by atoms with E-state index in [1.54, 1.807) is 12.1 Å². The number of halogens is 1. The van der Waals surface area contributed by atoms with Gasteiger partial charge in [0.05, 0.1) is 4.90 Å². The molecule has 0 aliphatic carbocycles. The van der Waals surface area contributed by atoms with Crippen molar-refractivity contribution >= 4 is 38.9 Å². The Morgan fingerprint density at radius 1 is 1.04 bits per heavy atom. The van der Waals surface area contributed by atoms with Gasteiger partial charge in [0.25, 0.3) is 0 Å². The van der Waals surface area contributed by atoms with E-state index in [0.717, 1.165) is 18.8 Å². The third-order valence-corrected chi connectivity index (χ3v) is 6.32. The van der Waals surface area contributed by atoms with Crippen LogP contribution in [0.4, 0.5) is 11.4 Å². The molecule has 0 saturated carbocycles. The summed E-state index contributed by atoms with van der Waals surface area (Å²) in [6.07, 6.45) is 3.74. The second-order valence-electron chi connectivity index (χ2n) is 6.75. The van der Waals surface area contributed by atoms with Crippen molar-refractivity contribution in [2.75, 3.05) is 29.9 Å². The highest BCUT2D eigenvalue weighted by Gasteiger charge is 2.15. The molecule has 150 valence electrons. The number of nitrogens with one attached hydrogen (secondary N) is 2. The zero-order valence-corrected chi connectivity index (χ0v) is 17.1. The van der Waals surface area contributed by atoms with Crippen molar-refractivity contribution in [3.8, 4) is 0 Å². The van der Waals surface area contributed by atoms with Gasteiger partial charge >= 0.3 is 0 Å². The van der Waals surface area contributed by atoms with Gasteiger partial charge < -0.3 is 10.2 Å². The third-order valence-electron chi connectivity index (χ3n) is 4.62. The highest BCUT2D eigenvalue weighted by atomic mass is 35.5. The molecule has 2 aromatic carbocycles. The Morgan fingerprint density at radius 2 is 1.75 bits per heavy atom. The lowest BCUT2D eigenvalue weighted by Gasteiger charge is -2.28. The van der Waals surface area contributed by atoms with E-state index in [2.05, 4.69) is 14.9 Å². The molecule has 8 heteroatoms. The zero-order valence-electron chi connectivity index (χ0n) is 15.5. The fraction of sp³-hybridized carbons (Fsp3) is 0.350. The Bertz CT molecular complexity index is 911. The van der Waals surface area contributed by atoms with Crippen molar-refractivity contribution in [2.24, 2.45) is 0 Å². The maximum atomic E-state index is 12.2. The highest BCUT2D eigenvalue weighted by molar-refractivity contribution is 7.89. The molecule has 0 unspecified atom stereocenters. The van der Waals surface area contributed by atoms with Crippen LogP contribution in [0.1, 0.15) is 25.7 Å².